The molecular weight excluding hydrogens is 440 g/mol. The maximum absolute atomic E-state index is 12.0. The first kappa shape index (κ1) is 26.7. The molecule has 0 bridgehead atoms. The van der Waals surface area contributed by atoms with E-state index in [1.165, 1.54) is 21.0 Å². The molecule has 4 N–H and O–H groups in total. The first-order chi connectivity index (χ1) is 16.1. The van der Waals surface area contributed by atoms with E-state index in [9.17, 15) is 29.4 Å². The van der Waals surface area contributed by atoms with Gasteiger partial charge in [0.2, 0.25) is 11.7 Å². The third kappa shape index (κ3) is 7.23. The van der Waals surface area contributed by atoms with Crippen molar-refractivity contribution in [1.82, 2.24) is 10.6 Å². The van der Waals surface area contributed by atoms with Gasteiger partial charge in [-0.05, 0) is 28.8 Å². The predicted molar refractivity (Wildman–Crippen MR) is 125 cm³/mol. The summed E-state index contributed by atoms with van der Waals surface area (Å²) in [5, 5.41) is 24.0. The van der Waals surface area contributed by atoms with E-state index in [-0.39, 0.29) is 26.1 Å². The molecule has 2 amide bonds. The highest BCUT2D eigenvalue weighted by molar-refractivity contribution is 6.36. The molecule has 9 heteroatoms. The summed E-state index contributed by atoms with van der Waals surface area (Å²) in [6, 6.07) is 14.3. The lowest BCUT2D eigenvalue weighted by molar-refractivity contribution is -0.139. The number of hydrogen-bond donors (Lipinski definition) is 4. The number of nitrogens with one attached hydrogen (secondary N) is 2. The van der Waals surface area contributed by atoms with Crippen molar-refractivity contribution in [2.45, 2.75) is 32.9 Å². The number of aliphatic hydroxyl groups excluding tert-OH is 2. The zero-order chi connectivity index (χ0) is 25.3. The molecule has 0 aromatic heterocycles. The minimum Gasteiger partial charge on any atom is -0.465 e. The van der Waals surface area contributed by atoms with Gasteiger partial charge in [-0.3, -0.25) is 14.4 Å². The van der Waals surface area contributed by atoms with Gasteiger partial charge in [0.25, 0.3) is 5.91 Å². The van der Waals surface area contributed by atoms with E-state index in [4.69, 9.17) is 0 Å². The van der Waals surface area contributed by atoms with E-state index in [2.05, 4.69) is 15.4 Å². The number of hydrogen-bond acceptors (Lipinski definition) is 7. The van der Waals surface area contributed by atoms with Crippen LogP contribution in [0.25, 0.3) is 11.1 Å². The summed E-state index contributed by atoms with van der Waals surface area (Å²) in [5.74, 6) is -2.59. The van der Waals surface area contributed by atoms with Crippen molar-refractivity contribution < 1.29 is 34.1 Å². The Kier molecular flexibility index (Phi) is 9.47. The highest BCUT2D eigenvalue weighted by atomic mass is 16.5. The molecule has 1 atom stereocenters. The maximum atomic E-state index is 12.0. The molecule has 0 fully saturated rings. The third-order valence-electron chi connectivity index (χ3n) is 5.35. The molecule has 0 aliphatic carbocycles. The molecule has 0 aliphatic rings. The summed E-state index contributed by atoms with van der Waals surface area (Å²) in [6.45, 7) is 2.73. The largest absolute Gasteiger partial charge is 0.465 e. The lowest BCUT2D eigenvalue weighted by atomic mass is 9.87. The number of rotatable bonds is 11. The first-order valence-corrected chi connectivity index (χ1v) is 10.7. The average molecular weight is 471 g/mol. The minimum atomic E-state index is -1.44. The van der Waals surface area contributed by atoms with Gasteiger partial charge in [0.1, 0.15) is 6.10 Å². The van der Waals surface area contributed by atoms with E-state index in [0.29, 0.717) is 5.56 Å². The van der Waals surface area contributed by atoms with Gasteiger partial charge in [0, 0.05) is 24.9 Å². The van der Waals surface area contributed by atoms with Gasteiger partial charge in [-0.2, -0.15) is 0 Å². The number of benzene rings is 2. The van der Waals surface area contributed by atoms with Crippen LogP contribution in [0.5, 0.6) is 0 Å². The normalized spacial score (nSPS) is 11.9. The van der Waals surface area contributed by atoms with E-state index in [0.717, 1.165) is 16.7 Å². The molecular formula is C25H30N2O7. The smallest absolute Gasteiger partial charge is 0.337 e. The topological polar surface area (TPSA) is 142 Å². The predicted octanol–water partition coefficient (Wildman–Crippen LogP) is 1.21. The molecule has 2 aromatic carbocycles. The lowest BCUT2D eigenvalue weighted by Crippen LogP contribution is -2.46. The van der Waals surface area contributed by atoms with Crippen LogP contribution in [0.1, 0.15) is 36.2 Å². The maximum Gasteiger partial charge on any atom is 0.337 e. The van der Waals surface area contributed by atoms with Crippen LogP contribution >= 0.6 is 0 Å². The molecule has 0 radical (unpaired) electrons. The Morgan fingerprint density at radius 3 is 2.03 bits per heavy atom. The van der Waals surface area contributed by atoms with Crippen LogP contribution < -0.4 is 10.6 Å². The van der Waals surface area contributed by atoms with E-state index < -0.39 is 35.1 Å². The number of carbonyl (C=O) groups excluding carboxylic acids is 4. The van der Waals surface area contributed by atoms with Crippen LogP contribution in [-0.2, 0) is 25.7 Å². The van der Waals surface area contributed by atoms with Gasteiger partial charge < -0.3 is 25.6 Å². The molecule has 0 unspecified atom stereocenters. The summed E-state index contributed by atoms with van der Waals surface area (Å²) in [7, 11) is 1.33. The van der Waals surface area contributed by atoms with Crippen LogP contribution in [0.3, 0.4) is 0 Å². The van der Waals surface area contributed by atoms with Crippen LogP contribution in [-0.4, -0.2) is 60.1 Å². The van der Waals surface area contributed by atoms with Gasteiger partial charge >= 0.3 is 5.97 Å². The van der Waals surface area contributed by atoms with Gasteiger partial charge in [-0.15, -0.1) is 0 Å². The number of Topliss-reactive ketones (excluding diaryl/α,β-unsaturated/α-hetero) is 1. The summed E-state index contributed by atoms with van der Waals surface area (Å²) in [4.78, 5) is 47.5. The Hall–Kier alpha value is -3.56. The molecule has 0 saturated carbocycles. The number of methoxy groups -OCH3 is 1. The zero-order valence-electron chi connectivity index (χ0n) is 19.5. The van der Waals surface area contributed by atoms with Gasteiger partial charge in [-0.1, -0.05) is 50.2 Å². The van der Waals surface area contributed by atoms with Crippen molar-refractivity contribution in [2.75, 3.05) is 20.3 Å². The minimum absolute atomic E-state index is 0.104. The van der Waals surface area contributed by atoms with Gasteiger partial charge in [0.15, 0.2) is 0 Å². The second-order valence-corrected chi connectivity index (χ2v) is 8.46. The zero-order valence-corrected chi connectivity index (χ0v) is 19.5. The Bertz CT molecular complexity index is 1010. The lowest BCUT2D eigenvalue weighted by Gasteiger charge is -2.27. The first-order valence-electron chi connectivity index (χ1n) is 10.7. The summed E-state index contributed by atoms with van der Waals surface area (Å²) in [6.07, 6.45) is -1.65. The van der Waals surface area contributed by atoms with Crippen molar-refractivity contribution in [3.8, 4) is 11.1 Å². The summed E-state index contributed by atoms with van der Waals surface area (Å²) in [5.41, 5.74) is 2.06. The highest BCUT2D eigenvalue weighted by Crippen LogP contribution is 2.21. The Morgan fingerprint density at radius 2 is 1.50 bits per heavy atom. The Labute approximate surface area is 198 Å². The third-order valence-corrected chi connectivity index (χ3v) is 5.35. The van der Waals surface area contributed by atoms with Gasteiger partial charge in [-0.25, -0.2) is 4.79 Å². The van der Waals surface area contributed by atoms with Crippen molar-refractivity contribution in [2.24, 2.45) is 5.41 Å². The molecule has 182 valence electrons. The number of ether oxygens (including phenoxy) is 1. The molecule has 2 aromatic rings. The highest BCUT2D eigenvalue weighted by Gasteiger charge is 2.32. The van der Waals surface area contributed by atoms with Crippen LogP contribution in [0, 0.1) is 5.41 Å². The molecule has 0 heterocycles. The van der Waals surface area contributed by atoms with E-state index >= 15 is 0 Å². The Morgan fingerprint density at radius 1 is 0.941 bits per heavy atom. The number of esters is 1. The van der Waals surface area contributed by atoms with Crippen LogP contribution in [0.15, 0.2) is 48.5 Å². The van der Waals surface area contributed by atoms with E-state index in [1.54, 1.807) is 12.1 Å². The second-order valence-electron chi connectivity index (χ2n) is 8.46. The quantitative estimate of drug-likeness (QED) is 0.286. The fourth-order valence-electron chi connectivity index (χ4n) is 2.96. The molecule has 2 rings (SSSR count). The fourth-order valence-corrected chi connectivity index (χ4v) is 2.96. The molecule has 0 spiro atoms. The number of carbonyl (C=O) groups is 4. The summed E-state index contributed by atoms with van der Waals surface area (Å²) >= 11 is 0. The number of aliphatic hydroxyl groups is 2. The molecule has 0 saturated heterocycles. The monoisotopic (exact) mass is 470 g/mol. The van der Waals surface area contributed by atoms with Crippen molar-refractivity contribution in [3.63, 3.8) is 0 Å². The van der Waals surface area contributed by atoms with Crippen molar-refractivity contribution in [3.05, 3.63) is 59.7 Å². The number of ketones is 1. The fraction of sp³-hybridized carbons (Fsp3) is 0.360. The van der Waals surface area contributed by atoms with E-state index in [1.807, 2.05) is 36.4 Å². The summed E-state index contributed by atoms with van der Waals surface area (Å²) < 4.78 is 4.68. The molecule has 0 aliphatic heterocycles. The van der Waals surface area contributed by atoms with Crippen molar-refractivity contribution in [1.29, 1.82) is 0 Å². The van der Waals surface area contributed by atoms with Crippen LogP contribution in [0.4, 0.5) is 0 Å². The average Bonchev–Trinajstić information content (AvgIpc) is 2.86. The Balaban J connectivity index is 1.80. The standard InChI is InChI=1S/C25H30N2O7/c1-25(2,15-28)21(30)23(32)26-13-12-20(29)22(31)27-14-16-4-6-17(7-5-16)18-8-10-19(11-9-18)24(33)34-3/h4-11,21,28,30H,12-15H2,1-3H3,(H,26,32)(H,27,31)/t21-/m0/s1. The van der Waals surface area contributed by atoms with Gasteiger partial charge in [0.05, 0.1) is 19.3 Å². The van der Waals surface area contributed by atoms with Crippen molar-refractivity contribution >= 4 is 23.6 Å². The second kappa shape index (κ2) is 12.1. The SMILES string of the molecule is COC(=O)c1ccc(-c2ccc(CNC(=O)C(=O)CCNC(=O)[C@H](O)C(C)(C)CO)cc2)cc1. The molecule has 34 heavy (non-hydrogen) atoms. The molecule has 9 nitrogen and oxygen atoms in total. The van der Waals surface area contributed by atoms with Crippen LogP contribution in [0.2, 0.25) is 0 Å². The number of amides is 2.